The van der Waals surface area contributed by atoms with Crippen LogP contribution in [0.3, 0.4) is 0 Å². The van der Waals surface area contributed by atoms with Crippen LogP contribution >= 0.6 is 11.6 Å². The van der Waals surface area contributed by atoms with Crippen molar-refractivity contribution in [2.75, 3.05) is 0 Å². The van der Waals surface area contributed by atoms with Gasteiger partial charge in [-0.2, -0.15) is 5.10 Å². The van der Waals surface area contributed by atoms with Crippen molar-refractivity contribution >= 4 is 28.5 Å². The maximum Gasteiger partial charge on any atom is 0.339 e. The Hall–Kier alpha value is -2.27. The molecular weight excluding hydrogens is 278 g/mol. The van der Waals surface area contributed by atoms with Crippen molar-refractivity contribution in [3.8, 4) is 11.4 Å². The first-order valence-corrected chi connectivity index (χ1v) is 6.38. The highest BCUT2D eigenvalue weighted by molar-refractivity contribution is 6.35. The Bertz CT molecular complexity index is 832. The molecule has 20 heavy (non-hydrogen) atoms. The van der Waals surface area contributed by atoms with Crippen LogP contribution in [0.2, 0.25) is 5.02 Å². The van der Waals surface area contributed by atoms with Gasteiger partial charge in [-0.15, -0.1) is 0 Å². The van der Waals surface area contributed by atoms with E-state index in [-0.39, 0.29) is 5.56 Å². The van der Waals surface area contributed by atoms with Crippen molar-refractivity contribution in [3.63, 3.8) is 0 Å². The molecule has 0 aliphatic heterocycles. The lowest BCUT2D eigenvalue weighted by molar-refractivity contribution is 0.0697. The number of benzene rings is 1. The summed E-state index contributed by atoms with van der Waals surface area (Å²) in [4.78, 5) is 11.3. The summed E-state index contributed by atoms with van der Waals surface area (Å²) in [6.45, 7) is 0. The molecular formula is C14H12ClN3O2. The average molecular weight is 290 g/mol. The minimum absolute atomic E-state index is 0.175. The molecule has 5 nitrogen and oxygen atoms in total. The van der Waals surface area contributed by atoms with E-state index in [4.69, 9.17) is 11.6 Å². The molecule has 0 radical (unpaired) electrons. The molecule has 3 rings (SSSR count). The summed E-state index contributed by atoms with van der Waals surface area (Å²) in [5, 5.41) is 14.9. The number of rotatable bonds is 2. The molecule has 2 aromatic heterocycles. The number of aromatic carboxylic acids is 1. The lowest BCUT2D eigenvalue weighted by Crippen LogP contribution is -2.03. The zero-order chi connectivity index (χ0) is 14.4. The molecule has 0 aliphatic rings. The van der Waals surface area contributed by atoms with Gasteiger partial charge >= 0.3 is 5.97 Å². The molecule has 102 valence electrons. The molecule has 0 saturated heterocycles. The van der Waals surface area contributed by atoms with Gasteiger partial charge < -0.3 is 9.67 Å². The van der Waals surface area contributed by atoms with E-state index >= 15 is 0 Å². The van der Waals surface area contributed by atoms with E-state index < -0.39 is 5.97 Å². The topological polar surface area (TPSA) is 60.1 Å². The molecule has 1 aromatic carbocycles. The van der Waals surface area contributed by atoms with Crippen LogP contribution in [0.1, 0.15) is 10.4 Å². The molecule has 0 saturated carbocycles. The third-order valence-corrected chi connectivity index (χ3v) is 3.72. The molecule has 0 bridgehead atoms. The van der Waals surface area contributed by atoms with Crippen molar-refractivity contribution < 1.29 is 9.90 Å². The second kappa shape index (κ2) is 4.38. The highest BCUT2D eigenvalue weighted by Gasteiger charge is 2.20. The third-order valence-electron chi connectivity index (χ3n) is 3.42. The summed E-state index contributed by atoms with van der Waals surface area (Å²) >= 11 is 6.22. The number of carboxylic acids is 1. The van der Waals surface area contributed by atoms with Crippen molar-refractivity contribution in [1.29, 1.82) is 0 Å². The van der Waals surface area contributed by atoms with Gasteiger partial charge in [-0.3, -0.25) is 4.68 Å². The van der Waals surface area contributed by atoms with Gasteiger partial charge in [-0.05, 0) is 12.1 Å². The van der Waals surface area contributed by atoms with Crippen LogP contribution in [0, 0.1) is 0 Å². The fraction of sp³-hybridized carbons (Fsp3) is 0.143. The van der Waals surface area contributed by atoms with Crippen LogP contribution in [0.25, 0.3) is 22.3 Å². The quantitative estimate of drug-likeness (QED) is 0.789. The third kappa shape index (κ3) is 1.71. The summed E-state index contributed by atoms with van der Waals surface area (Å²) in [5.41, 5.74) is 2.38. The van der Waals surface area contributed by atoms with Crippen LogP contribution in [0.5, 0.6) is 0 Å². The Balaban J connectivity index is 2.36. The Morgan fingerprint density at radius 3 is 2.75 bits per heavy atom. The van der Waals surface area contributed by atoms with E-state index in [2.05, 4.69) is 5.10 Å². The van der Waals surface area contributed by atoms with E-state index in [1.54, 1.807) is 11.7 Å². The van der Waals surface area contributed by atoms with Crippen molar-refractivity contribution in [1.82, 2.24) is 14.3 Å². The Kier molecular flexibility index (Phi) is 2.79. The molecule has 0 unspecified atom stereocenters. The number of aryl methyl sites for hydroxylation is 2. The highest BCUT2D eigenvalue weighted by atomic mass is 35.5. The monoisotopic (exact) mass is 289 g/mol. The first-order valence-electron chi connectivity index (χ1n) is 6.00. The molecule has 2 heterocycles. The fourth-order valence-electron chi connectivity index (χ4n) is 2.49. The summed E-state index contributed by atoms with van der Waals surface area (Å²) in [7, 11) is 3.59. The number of para-hydroxylation sites is 1. The first kappa shape index (κ1) is 12.7. The number of carbonyl (C=O) groups is 1. The van der Waals surface area contributed by atoms with Crippen LogP contribution < -0.4 is 0 Å². The Labute approximate surface area is 120 Å². The molecule has 0 aliphatic carbocycles. The normalized spacial score (nSPS) is 11.2. The lowest BCUT2D eigenvalue weighted by Gasteiger charge is -2.07. The molecule has 0 spiro atoms. The standard InChI is InChI=1S/C14H12ClN3O2/c1-17-11(6-8-4-3-5-10(15)12(8)17)13-9(14(19)20)7-16-18(13)2/h3-7H,1-2H3,(H,19,20). The van der Waals surface area contributed by atoms with Gasteiger partial charge in [0.1, 0.15) is 5.56 Å². The van der Waals surface area contributed by atoms with E-state index in [1.807, 2.05) is 35.9 Å². The van der Waals surface area contributed by atoms with Gasteiger partial charge in [-0.25, -0.2) is 4.79 Å². The Morgan fingerprint density at radius 1 is 1.35 bits per heavy atom. The minimum Gasteiger partial charge on any atom is -0.478 e. The van der Waals surface area contributed by atoms with E-state index in [1.165, 1.54) is 6.20 Å². The lowest BCUT2D eigenvalue weighted by atomic mass is 10.2. The summed E-state index contributed by atoms with van der Waals surface area (Å²) < 4.78 is 3.45. The number of halogens is 1. The zero-order valence-electron chi connectivity index (χ0n) is 11.0. The van der Waals surface area contributed by atoms with E-state index in [0.29, 0.717) is 10.7 Å². The summed E-state index contributed by atoms with van der Waals surface area (Å²) in [6, 6.07) is 7.55. The van der Waals surface area contributed by atoms with Gasteiger partial charge in [0, 0.05) is 19.5 Å². The first-order chi connectivity index (χ1) is 9.50. The minimum atomic E-state index is -0.996. The molecule has 0 atom stereocenters. The maximum absolute atomic E-state index is 11.3. The van der Waals surface area contributed by atoms with Crippen LogP contribution in [-0.4, -0.2) is 25.4 Å². The van der Waals surface area contributed by atoms with Crippen molar-refractivity contribution in [2.45, 2.75) is 0 Å². The molecule has 3 aromatic rings. The second-order valence-electron chi connectivity index (χ2n) is 4.60. The van der Waals surface area contributed by atoms with Crippen molar-refractivity contribution in [3.05, 3.63) is 41.0 Å². The number of fused-ring (bicyclic) bond motifs is 1. The molecule has 0 fully saturated rings. The number of carboxylic acid groups (broad SMARTS) is 1. The number of nitrogens with zero attached hydrogens (tertiary/aromatic N) is 3. The number of hydrogen-bond donors (Lipinski definition) is 1. The highest BCUT2D eigenvalue weighted by Crippen LogP contribution is 2.32. The van der Waals surface area contributed by atoms with Gasteiger partial charge in [0.15, 0.2) is 0 Å². The smallest absolute Gasteiger partial charge is 0.339 e. The SMILES string of the molecule is Cn1ncc(C(=O)O)c1-c1cc2cccc(Cl)c2n1C. The van der Waals surface area contributed by atoms with Gasteiger partial charge in [0.2, 0.25) is 0 Å². The molecule has 1 N–H and O–H groups in total. The van der Waals surface area contributed by atoms with Crippen LogP contribution in [0.15, 0.2) is 30.5 Å². The van der Waals surface area contributed by atoms with E-state index in [0.717, 1.165) is 16.6 Å². The molecule has 6 heteroatoms. The van der Waals surface area contributed by atoms with Gasteiger partial charge in [-0.1, -0.05) is 23.7 Å². The summed E-state index contributed by atoms with van der Waals surface area (Å²) in [5.74, 6) is -0.996. The van der Waals surface area contributed by atoms with Gasteiger partial charge in [0.25, 0.3) is 0 Å². The van der Waals surface area contributed by atoms with Crippen LogP contribution in [-0.2, 0) is 14.1 Å². The van der Waals surface area contributed by atoms with Gasteiger partial charge in [0.05, 0.1) is 28.1 Å². The molecule has 0 amide bonds. The maximum atomic E-state index is 11.3. The summed E-state index contributed by atoms with van der Waals surface area (Å²) in [6.07, 6.45) is 1.36. The second-order valence-corrected chi connectivity index (χ2v) is 5.01. The van der Waals surface area contributed by atoms with Crippen molar-refractivity contribution in [2.24, 2.45) is 14.1 Å². The predicted octanol–water partition coefficient (Wildman–Crippen LogP) is 2.93. The largest absolute Gasteiger partial charge is 0.478 e. The zero-order valence-corrected chi connectivity index (χ0v) is 11.7. The Morgan fingerprint density at radius 2 is 2.10 bits per heavy atom. The predicted molar refractivity (Wildman–Crippen MR) is 77.1 cm³/mol. The average Bonchev–Trinajstić information content (AvgIpc) is 2.91. The van der Waals surface area contributed by atoms with E-state index in [9.17, 15) is 9.90 Å². The fourth-order valence-corrected chi connectivity index (χ4v) is 2.80. The number of aromatic nitrogens is 3. The number of hydrogen-bond acceptors (Lipinski definition) is 2. The van der Waals surface area contributed by atoms with Crippen LogP contribution in [0.4, 0.5) is 0 Å².